The highest BCUT2D eigenvalue weighted by Gasteiger charge is 2.40. The van der Waals surface area contributed by atoms with Gasteiger partial charge in [0.2, 0.25) is 0 Å². The van der Waals surface area contributed by atoms with Gasteiger partial charge in [-0.2, -0.15) is 0 Å². The Hall–Kier alpha value is -2.74. The van der Waals surface area contributed by atoms with Gasteiger partial charge in [0.05, 0.1) is 21.5 Å². The summed E-state index contributed by atoms with van der Waals surface area (Å²) in [6.45, 7) is 0.479. The molecule has 1 saturated carbocycles. The second kappa shape index (κ2) is 11.3. The van der Waals surface area contributed by atoms with E-state index in [1.807, 2.05) is 48.5 Å². The van der Waals surface area contributed by atoms with Crippen LogP contribution in [0, 0.1) is 0 Å². The molecule has 0 saturated heterocycles. The Morgan fingerprint density at radius 2 is 1.14 bits per heavy atom. The van der Waals surface area contributed by atoms with Crippen LogP contribution in [0.2, 0.25) is 0 Å². The van der Waals surface area contributed by atoms with E-state index in [9.17, 15) is 0 Å². The summed E-state index contributed by atoms with van der Waals surface area (Å²) in [5.74, 6) is 0. The van der Waals surface area contributed by atoms with E-state index >= 15 is 4.21 Å². The predicted octanol–water partition coefficient (Wildman–Crippen LogP) is 7.16. The minimum Gasteiger partial charge on any atom is -0.244 e. The van der Waals surface area contributed by atoms with Crippen LogP contribution in [-0.4, -0.2) is 15.1 Å². The Morgan fingerprint density at radius 3 is 1.71 bits per heavy atom. The van der Waals surface area contributed by atoms with Gasteiger partial charge >= 0.3 is 0 Å². The zero-order valence-corrected chi connectivity index (χ0v) is 21.7. The van der Waals surface area contributed by atoms with Gasteiger partial charge < -0.3 is 0 Å². The third kappa shape index (κ3) is 5.42. The second-order valence-electron chi connectivity index (χ2n) is 9.09. The van der Waals surface area contributed by atoms with Crippen LogP contribution in [0.15, 0.2) is 131 Å². The molecule has 0 N–H and O–H groups in total. The lowest BCUT2D eigenvalue weighted by Crippen LogP contribution is -2.39. The third-order valence-corrected chi connectivity index (χ3v) is 12.9. The third-order valence-electron chi connectivity index (χ3n) is 6.84. The summed E-state index contributed by atoms with van der Waals surface area (Å²) in [4.78, 5) is 0.879. The van der Waals surface area contributed by atoms with Crippen LogP contribution in [0.25, 0.3) is 0 Å². The number of rotatable bonds is 7. The van der Waals surface area contributed by atoms with Gasteiger partial charge in [-0.15, -0.1) is 0 Å². The molecule has 178 valence electrons. The zero-order valence-electron chi connectivity index (χ0n) is 19.9. The average Bonchev–Trinajstić information content (AvgIpc) is 2.94. The van der Waals surface area contributed by atoms with Gasteiger partial charge in [-0.3, -0.25) is 0 Å². The molecule has 5 rings (SSSR count). The van der Waals surface area contributed by atoms with E-state index in [1.165, 1.54) is 17.0 Å². The molecule has 35 heavy (non-hydrogen) atoms. The minimum absolute atomic E-state index is 0.0221. The van der Waals surface area contributed by atoms with Crippen molar-refractivity contribution in [1.29, 1.82) is 0 Å². The lowest BCUT2D eigenvalue weighted by molar-refractivity contribution is 0.509. The molecule has 0 bridgehead atoms. The lowest BCUT2D eigenvalue weighted by atomic mass is 9.99. The smallest absolute Gasteiger partial charge is 0.0791 e. The molecule has 0 heterocycles. The van der Waals surface area contributed by atoms with Crippen molar-refractivity contribution in [2.24, 2.45) is 4.36 Å². The highest BCUT2D eigenvalue weighted by Crippen LogP contribution is 2.49. The fraction of sp³-hybridized carbons (Fsp3) is 0.226. The molecular weight excluding hydrogens is 465 g/mol. The minimum atomic E-state index is -2.64. The van der Waals surface area contributed by atoms with E-state index in [1.54, 1.807) is 0 Å². The molecular formula is C31H32NOPS. The first-order valence-electron chi connectivity index (χ1n) is 12.5. The van der Waals surface area contributed by atoms with Crippen molar-refractivity contribution in [1.82, 2.24) is 0 Å². The molecule has 1 aliphatic rings. The second-order valence-corrected chi connectivity index (χ2v) is 14.0. The topological polar surface area (TPSA) is 29.4 Å². The van der Waals surface area contributed by atoms with Gasteiger partial charge in [0.15, 0.2) is 0 Å². The molecule has 0 amide bonds. The largest absolute Gasteiger partial charge is 0.244 e. The molecule has 2 nitrogen and oxygen atoms in total. The van der Waals surface area contributed by atoms with Gasteiger partial charge in [-0.25, -0.2) is 8.57 Å². The number of benzene rings is 4. The molecule has 4 aromatic rings. The van der Waals surface area contributed by atoms with Crippen LogP contribution in [0.1, 0.15) is 31.2 Å². The van der Waals surface area contributed by atoms with Gasteiger partial charge in [-0.1, -0.05) is 122 Å². The van der Waals surface area contributed by atoms with Crippen molar-refractivity contribution in [3.8, 4) is 0 Å². The SMILES string of the molecule is O=S(=NCc1ccccc1)(c1ccccc1)[C@H]1CCCC[C@@H]1P(c1ccccc1)c1ccccc1. The van der Waals surface area contributed by atoms with Crippen molar-refractivity contribution < 1.29 is 4.21 Å². The fourth-order valence-corrected chi connectivity index (χ4v) is 11.6. The van der Waals surface area contributed by atoms with E-state index < -0.39 is 17.7 Å². The zero-order chi connectivity index (χ0) is 23.9. The van der Waals surface area contributed by atoms with Gasteiger partial charge in [-0.05, 0) is 49.1 Å². The van der Waals surface area contributed by atoms with Crippen molar-refractivity contribution in [2.75, 3.05) is 0 Å². The summed E-state index contributed by atoms with van der Waals surface area (Å²) < 4.78 is 20.2. The molecule has 4 heteroatoms. The van der Waals surface area contributed by atoms with Gasteiger partial charge in [0.1, 0.15) is 0 Å². The molecule has 1 aliphatic carbocycles. The van der Waals surface area contributed by atoms with Gasteiger partial charge in [0, 0.05) is 10.6 Å². The summed E-state index contributed by atoms with van der Waals surface area (Å²) in [6.07, 6.45) is 4.33. The van der Waals surface area contributed by atoms with Gasteiger partial charge in [0.25, 0.3) is 0 Å². The molecule has 1 unspecified atom stereocenters. The predicted molar refractivity (Wildman–Crippen MR) is 151 cm³/mol. The maximum atomic E-state index is 15.1. The molecule has 0 aliphatic heterocycles. The van der Waals surface area contributed by atoms with E-state index in [-0.39, 0.29) is 5.25 Å². The highest BCUT2D eigenvalue weighted by atomic mass is 32.2. The van der Waals surface area contributed by atoms with E-state index in [0.29, 0.717) is 12.2 Å². The maximum absolute atomic E-state index is 15.1. The number of hydrogen-bond acceptors (Lipinski definition) is 2. The first-order valence-corrected chi connectivity index (χ1v) is 15.4. The van der Waals surface area contributed by atoms with Crippen LogP contribution in [0.5, 0.6) is 0 Å². The van der Waals surface area contributed by atoms with Crippen molar-refractivity contribution in [2.45, 2.75) is 48.0 Å². The average molecular weight is 498 g/mol. The Morgan fingerprint density at radius 1 is 0.657 bits per heavy atom. The first kappa shape index (κ1) is 24.0. The Balaban J connectivity index is 1.64. The standard InChI is InChI=1S/C31H32NOPS/c33-35(29-21-11-4-12-22-29,32-25-26-15-5-1-6-16-26)31-24-14-13-23-30(31)34(27-17-7-2-8-18-27)28-19-9-3-10-20-28/h1-12,15-22,30-31H,13-14,23-25H2/t30-,31-,35?/m0/s1. The summed E-state index contributed by atoms with van der Waals surface area (Å²) >= 11 is 0. The number of hydrogen-bond donors (Lipinski definition) is 0. The van der Waals surface area contributed by atoms with E-state index in [2.05, 4.69) is 72.8 Å². The first-order chi connectivity index (χ1) is 17.3. The monoisotopic (exact) mass is 497 g/mol. The molecule has 1 fully saturated rings. The maximum Gasteiger partial charge on any atom is 0.0791 e. The molecule has 3 atom stereocenters. The normalized spacial score (nSPS) is 19.7. The van der Waals surface area contributed by atoms with Crippen LogP contribution >= 0.6 is 7.92 Å². The van der Waals surface area contributed by atoms with Crippen LogP contribution < -0.4 is 10.6 Å². The number of nitrogens with zero attached hydrogens (tertiary/aromatic N) is 1. The summed E-state index contributed by atoms with van der Waals surface area (Å²) in [7, 11) is -3.30. The summed E-state index contributed by atoms with van der Waals surface area (Å²) in [5.41, 5.74) is 1.42. The van der Waals surface area contributed by atoms with Crippen molar-refractivity contribution in [3.05, 3.63) is 127 Å². The van der Waals surface area contributed by atoms with E-state index in [4.69, 9.17) is 4.36 Å². The molecule has 0 aromatic heterocycles. The molecule has 4 aromatic carbocycles. The highest BCUT2D eigenvalue weighted by molar-refractivity contribution is 7.95. The Labute approximate surface area is 211 Å². The van der Waals surface area contributed by atoms with Crippen LogP contribution in [0.3, 0.4) is 0 Å². The summed E-state index contributed by atoms with van der Waals surface area (Å²) in [6, 6.07) is 42.0. The van der Waals surface area contributed by atoms with Crippen LogP contribution in [0.4, 0.5) is 0 Å². The molecule has 0 spiro atoms. The van der Waals surface area contributed by atoms with Crippen molar-refractivity contribution >= 4 is 28.3 Å². The summed E-state index contributed by atoms with van der Waals surface area (Å²) in [5, 5.41) is 2.75. The van der Waals surface area contributed by atoms with Crippen LogP contribution in [-0.2, 0) is 16.3 Å². The van der Waals surface area contributed by atoms with Crippen molar-refractivity contribution in [3.63, 3.8) is 0 Å². The van der Waals surface area contributed by atoms with E-state index in [0.717, 1.165) is 29.7 Å². The quantitative estimate of drug-likeness (QED) is 0.249. The fourth-order valence-electron chi connectivity index (χ4n) is 5.17. The Kier molecular flexibility index (Phi) is 7.76. The lowest BCUT2D eigenvalue weighted by Gasteiger charge is -2.39. The molecule has 0 radical (unpaired) electrons. The Bertz CT molecular complexity index is 1280.